The fraction of sp³-hybridized carbons (Fsp3) is 0.400. The van der Waals surface area contributed by atoms with Crippen LogP contribution in [0.3, 0.4) is 0 Å². The molecule has 3 nitrogen and oxygen atoms in total. The molecule has 5 heteroatoms. The minimum atomic E-state index is 0.330. The van der Waals surface area contributed by atoms with E-state index in [9.17, 15) is 0 Å². The van der Waals surface area contributed by atoms with Gasteiger partial charge in [-0.15, -0.1) is 21.5 Å². The Morgan fingerprint density at radius 1 is 1.47 bits per heavy atom. The summed E-state index contributed by atoms with van der Waals surface area (Å²) in [7, 11) is 0. The molecule has 0 fully saturated rings. The second-order valence-electron chi connectivity index (χ2n) is 3.64. The quantitative estimate of drug-likeness (QED) is 0.753. The molecule has 78 valence electrons. The van der Waals surface area contributed by atoms with Gasteiger partial charge in [0.2, 0.25) is 5.89 Å². The van der Waals surface area contributed by atoms with Gasteiger partial charge in [0.1, 0.15) is 0 Å². The molecule has 1 atom stereocenters. The number of halogens is 1. The number of aromatic nitrogens is 2. The zero-order valence-corrected chi connectivity index (χ0v) is 10.9. The summed E-state index contributed by atoms with van der Waals surface area (Å²) in [5.41, 5.74) is 1.39. The number of thiophene rings is 1. The lowest BCUT2D eigenvalue weighted by Gasteiger charge is -2.18. The van der Waals surface area contributed by atoms with Crippen LogP contribution in [0.5, 0.6) is 0 Å². The van der Waals surface area contributed by atoms with Gasteiger partial charge >= 0.3 is 0 Å². The van der Waals surface area contributed by atoms with Gasteiger partial charge < -0.3 is 4.42 Å². The largest absolute Gasteiger partial charge is 0.416 e. The molecule has 2 aromatic heterocycles. The highest BCUT2D eigenvalue weighted by Crippen LogP contribution is 2.38. The van der Waals surface area contributed by atoms with E-state index >= 15 is 0 Å². The average Bonchev–Trinajstić information content (AvgIpc) is 2.84. The Kier molecular flexibility index (Phi) is 2.51. The molecule has 0 aromatic carbocycles. The minimum absolute atomic E-state index is 0.330. The molecule has 0 amide bonds. The number of aryl methyl sites for hydroxylation is 1. The highest BCUT2D eigenvalue weighted by Gasteiger charge is 2.26. The van der Waals surface area contributed by atoms with E-state index in [1.54, 1.807) is 0 Å². The van der Waals surface area contributed by atoms with E-state index in [4.69, 9.17) is 4.42 Å². The van der Waals surface area contributed by atoms with Crippen molar-refractivity contribution in [2.24, 2.45) is 0 Å². The monoisotopic (exact) mass is 332 g/mol. The highest BCUT2D eigenvalue weighted by molar-refractivity contribution is 14.1. The maximum Gasteiger partial charge on any atom is 0.278 e. The second-order valence-corrected chi connectivity index (χ2v) is 5.56. The molecule has 0 saturated heterocycles. The summed E-state index contributed by atoms with van der Waals surface area (Å²) in [5, 5.41) is 10.2. The fourth-order valence-corrected chi connectivity index (χ4v) is 3.42. The van der Waals surface area contributed by atoms with Crippen LogP contribution in [0.2, 0.25) is 0 Å². The first-order chi connectivity index (χ1) is 7.34. The highest BCUT2D eigenvalue weighted by atomic mass is 127. The zero-order valence-electron chi connectivity index (χ0n) is 7.94. The van der Waals surface area contributed by atoms with Crippen LogP contribution in [0.1, 0.15) is 35.1 Å². The van der Waals surface area contributed by atoms with Crippen molar-refractivity contribution in [2.45, 2.75) is 25.2 Å². The van der Waals surface area contributed by atoms with Gasteiger partial charge in [-0.2, -0.15) is 0 Å². The number of hydrogen-bond acceptors (Lipinski definition) is 4. The molecule has 2 aromatic rings. The number of nitrogens with zero attached hydrogens (tertiary/aromatic N) is 2. The third kappa shape index (κ3) is 1.71. The molecule has 15 heavy (non-hydrogen) atoms. The summed E-state index contributed by atoms with van der Waals surface area (Å²) in [6.07, 6.45) is 3.55. The molecule has 0 saturated carbocycles. The van der Waals surface area contributed by atoms with Gasteiger partial charge in [0.15, 0.2) is 0 Å². The Morgan fingerprint density at radius 2 is 2.40 bits per heavy atom. The van der Waals surface area contributed by atoms with E-state index in [0.717, 1.165) is 12.3 Å². The average molecular weight is 332 g/mol. The standard InChI is InChI=1S/C10H9IN2OS/c11-10-13-12-9(14-10)7-2-1-3-8-6(7)4-5-15-8/h4-5,7H,1-3H2. The minimum Gasteiger partial charge on any atom is -0.416 e. The normalized spacial score (nSPS) is 20.2. The van der Waals surface area contributed by atoms with Crippen LogP contribution in [0.15, 0.2) is 15.9 Å². The Hall–Kier alpha value is -0.430. The summed E-state index contributed by atoms with van der Waals surface area (Å²) in [6, 6.07) is 2.20. The smallest absolute Gasteiger partial charge is 0.278 e. The molecule has 2 heterocycles. The van der Waals surface area contributed by atoms with E-state index < -0.39 is 0 Å². The number of rotatable bonds is 1. The second kappa shape index (κ2) is 3.86. The van der Waals surface area contributed by atoms with Gasteiger partial charge in [-0.3, -0.25) is 0 Å². The van der Waals surface area contributed by atoms with Gasteiger partial charge in [0.25, 0.3) is 3.90 Å². The third-order valence-corrected chi connectivity index (χ3v) is 4.20. The summed E-state index contributed by atoms with van der Waals surface area (Å²) in [4.78, 5) is 1.49. The van der Waals surface area contributed by atoms with Gasteiger partial charge in [0.05, 0.1) is 5.92 Å². The lowest BCUT2D eigenvalue weighted by atomic mass is 9.88. The molecule has 0 aliphatic heterocycles. The first-order valence-electron chi connectivity index (χ1n) is 4.90. The van der Waals surface area contributed by atoms with E-state index in [0.29, 0.717) is 9.82 Å². The molecule has 0 radical (unpaired) electrons. The topological polar surface area (TPSA) is 38.9 Å². The third-order valence-electron chi connectivity index (χ3n) is 2.77. The van der Waals surface area contributed by atoms with Crippen LogP contribution in [0, 0.1) is 3.90 Å². The Balaban J connectivity index is 2.02. The van der Waals surface area contributed by atoms with E-state index in [2.05, 4.69) is 44.2 Å². The molecular weight excluding hydrogens is 323 g/mol. The Bertz CT molecular complexity index is 479. The van der Waals surface area contributed by atoms with Crippen LogP contribution < -0.4 is 0 Å². The van der Waals surface area contributed by atoms with Crippen molar-refractivity contribution in [3.8, 4) is 0 Å². The van der Waals surface area contributed by atoms with E-state index in [-0.39, 0.29) is 0 Å². The van der Waals surface area contributed by atoms with Crippen LogP contribution in [0.25, 0.3) is 0 Å². The van der Waals surface area contributed by atoms with Gasteiger partial charge in [0, 0.05) is 27.5 Å². The molecule has 0 bridgehead atoms. The lowest BCUT2D eigenvalue weighted by molar-refractivity contribution is 0.427. The molecule has 0 N–H and O–H groups in total. The van der Waals surface area contributed by atoms with Crippen LogP contribution >= 0.6 is 33.9 Å². The van der Waals surface area contributed by atoms with Gasteiger partial charge in [-0.25, -0.2) is 0 Å². The zero-order chi connectivity index (χ0) is 10.3. The van der Waals surface area contributed by atoms with Crippen molar-refractivity contribution in [1.29, 1.82) is 0 Å². The van der Waals surface area contributed by atoms with Crippen molar-refractivity contribution in [3.05, 3.63) is 31.7 Å². The molecule has 3 rings (SSSR count). The van der Waals surface area contributed by atoms with Crippen molar-refractivity contribution in [3.63, 3.8) is 0 Å². The lowest BCUT2D eigenvalue weighted by Crippen LogP contribution is -2.08. The van der Waals surface area contributed by atoms with Crippen molar-refractivity contribution in [1.82, 2.24) is 10.2 Å². The molecule has 0 spiro atoms. The van der Waals surface area contributed by atoms with Crippen molar-refractivity contribution >= 4 is 33.9 Å². The SMILES string of the molecule is Ic1nnc(C2CCCc3sccc32)o1. The maximum atomic E-state index is 5.52. The van der Waals surface area contributed by atoms with Crippen molar-refractivity contribution in [2.75, 3.05) is 0 Å². The summed E-state index contributed by atoms with van der Waals surface area (Å²) in [5.74, 6) is 1.11. The van der Waals surface area contributed by atoms with Crippen LogP contribution in [0.4, 0.5) is 0 Å². The number of fused-ring (bicyclic) bond motifs is 1. The summed E-state index contributed by atoms with van der Waals surface area (Å²) < 4.78 is 6.15. The first-order valence-corrected chi connectivity index (χ1v) is 6.85. The van der Waals surface area contributed by atoms with E-state index in [1.165, 1.54) is 23.3 Å². The fourth-order valence-electron chi connectivity index (χ4n) is 2.10. The summed E-state index contributed by atoms with van der Waals surface area (Å²) in [6.45, 7) is 0. The first kappa shape index (κ1) is 9.77. The molecular formula is C10H9IN2OS. The van der Waals surface area contributed by atoms with Crippen LogP contribution in [-0.4, -0.2) is 10.2 Å². The Labute approximate surface area is 105 Å². The summed E-state index contributed by atoms with van der Waals surface area (Å²) >= 11 is 3.90. The van der Waals surface area contributed by atoms with Gasteiger partial charge in [-0.05, 0) is 36.3 Å². The maximum absolute atomic E-state index is 5.52. The number of hydrogen-bond donors (Lipinski definition) is 0. The molecule has 1 aliphatic carbocycles. The predicted octanol–water partition coefficient (Wildman–Crippen LogP) is 3.20. The predicted molar refractivity (Wildman–Crippen MR) is 66.1 cm³/mol. The van der Waals surface area contributed by atoms with Crippen molar-refractivity contribution < 1.29 is 4.42 Å². The van der Waals surface area contributed by atoms with Crippen LogP contribution in [-0.2, 0) is 6.42 Å². The van der Waals surface area contributed by atoms with E-state index in [1.807, 2.05) is 11.3 Å². The molecule has 1 aliphatic rings. The van der Waals surface area contributed by atoms with Gasteiger partial charge in [-0.1, -0.05) is 0 Å². The molecule has 1 unspecified atom stereocenters. The Morgan fingerprint density at radius 3 is 3.20 bits per heavy atom.